The van der Waals surface area contributed by atoms with E-state index in [1.807, 2.05) is 12.1 Å². The van der Waals surface area contributed by atoms with E-state index in [1.165, 1.54) is 0 Å². The van der Waals surface area contributed by atoms with Gasteiger partial charge in [-0.25, -0.2) is 0 Å². The second kappa shape index (κ2) is 9.50. The zero-order valence-electron chi connectivity index (χ0n) is 12.3. The minimum absolute atomic E-state index is 0.248. The molecule has 1 heterocycles. The molecule has 21 heavy (non-hydrogen) atoms. The van der Waals surface area contributed by atoms with Crippen LogP contribution in [-0.4, -0.2) is 16.2 Å². The maximum atomic E-state index is 9.33. The Labute approximate surface area is 130 Å². The van der Waals surface area contributed by atoms with Crippen molar-refractivity contribution in [3.8, 4) is 0 Å². The van der Waals surface area contributed by atoms with Crippen LogP contribution in [0.25, 0.3) is 0 Å². The molecule has 1 N–H and O–H groups in total. The molecule has 0 amide bonds. The van der Waals surface area contributed by atoms with Gasteiger partial charge in [0, 0.05) is 5.25 Å². The fourth-order valence-corrected chi connectivity index (χ4v) is 3.53. The second-order valence-electron chi connectivity index (χ2n) is 5.11. The fraction of sp³-hybridized carbons (Fsp3) is 0.471. The van der Waals surface area contributed by atoms with Crippen molar-refractivity contribution in [2.24, 2.45) is 5.16 Å². The van der Waals surface area contributed by atoms with Crippen molar-refractivity contribution in [3.05, 3.63) is 48.5 Å². The monoisotopic (exact) mass is 305 g/mol. The van der Waals surface area contributed by atoms with Crippen LogP contribution in [0.15, 0.2) is 52.3 Å². The molecule has 2 rings (SSSR count). The van der Waals surface area contributed by atoms with Gasteiger partial charge in [0.15, 0.2) is 0 Å². The first-order valence-corrected chi connectivity index (χ1v) is 8.60. The van der Waals surface area contributed by atoms with Crippen LogP contribution < -0.4 is 0 Å². The van der Waals surface area contributed by atoms with E-state index in [2.05, 4.69) is 29.5 Å². The molecule has 0 aliphatic heterocycles. The van der Waals surface area contributed by atoms with Gasteiger partial charge in [-0.15, -0.1) is 11.8 Å². The van der Waals surface area contributed by atoms with E-state index in [1.54, 1.807) is 18.0 Å². The van der Waals surface area contributed by atoms with Crippen LogP contribution in [0.2, 0.25) is 0 Å². The highest BCUT2D eigenvalue weighted by Crippen LogP contribution is 2.25. The molecule has 0 spiro atoms. The lowest BCUT2D eigenvalue weighted by Gasteiger charge is -2.16. The third-order valence-corrected chi connectivity index (χ3v) is 4.86. The lowest BCUT2D eigenvalue weighted by atomic mass is 10.1. The Morgan fingerprint density at radius 3 is 2.62 bits per heavy atom. The van der Waals surface area contributed by atoms with Crippen LogP contribution in [0.4, 0.5) is 0 Å². The molecule has 114 valence electrons. The molecule has 0 fully saturated rings. The van der Waals surface area contributed by atoms with Crippen LogP contribution in [-0.2, 0) is 5.75 Å². The second-order valence-corrected chi connectivity index (χ2v) is 6.30. The van der Waals surface area contributed by atoms with Crippen molar-refractivity contribution in [1.82, 2.24) is 0 Å². The highest BCUT2D eigenvalue weighted by molar-refractivity contribution is 7.99. The Morgan fingerprint density at radius 2 is 1.90 bits per heavy atom. The first-order valence-electron chi connectivity index (χ1n) is 7.55. The molecule has 1 aliphatic carbocycles. The summed E-state index contributed by atoms with van der Waals surface area (Å²) in [6.07, 6.45) is 16.6. The van der Waals surface area contributed by atoms with Gasteiger partial charge in [-0.1, -0.05) is 29.5 Å². The van der Waals surface area contributed by atoms with Gasteiger partial charge >= 0.3 is 0 Å². The molecule has 1 atom stereocenters. The highest BCUT2D eigenvalue weighted by atomic mass is 32.2. The molecule has 0 aromatic carbocycles. The van der Waals surface area contributed by atoms with Crippen molar-refractivity contribution in [3.63, 3.8) is 0 Å². The van der Waals surface area contributed by atoms with Crippen LogP contribution in [0.5, 0.6) is 0 Å². The summed E-state index contributed by atoms with van der Waals surface area (Å²) in [5.74, 6) is 1.79. The molecular formula is C17H23NO2S. The topological polar surface area (TPSA) is 45.7 Å². The third kappa shape index (κ3) is 5.84. The van der Waals surface area contributed by atoms with Crippen LogP contribution in [0.1, 0.15) is 44.3 Å². The number of rotatable bonds is 3. The summed E-state index contributed by atoms with van der Waals surface area (Å²) in [6, 6.07) is 3.90. The number of hydrogen-bond donors (Lipinski definition) is 1. The zero-order valence-corrected chi connectivity index (χ0v) is 13.1. The molecule has 3 nitrogen and oxygen atoms in total. The average Bonchev–Trinajstić information content (AvgIpc) is 3.00. The Balaban J connectivity index is 1.97. The van der Waals surface area contributed by atoms with E-state index in [9.17, 15) is 5.21 Å². The molecule has 1 aromatic heterocycles. The van der Waals surface area contributed by atoms with E-state index in [-0.39, 0.29) is 5.25 Å². The van der Waals surface area contributed by atoms with Crippen molar-refractivity contribution in [1.29, 1.82) is 0 Å². The zero-order chi connectivity index (χ0) is 14.8. The van der Waals surface area contributed by atoms with Gasteiger partial charge in [-0.05, 0) is 50.7 Å². The number of allylic oxidation sites excluding steroid dienone is 4. The molecule has 4 heteroatoms. The van der Waals surface area contributed by atoms with Crippen molar-refractivity contribution < 1.29 is 9.62 Å². The van der Waals surface area contributed by atoms with Crippen molar-refractivity contribution in [2.45, 2.75) is 49.5 Å². The first-order chi connectivity index (χ1) is 10.4. The van der Waals surface area contributed by atoms with Crippen molar-refractivity contribution in [2.75, 3.05) is 0 Å². The molecule has 0 unspecified atom stereocenters. The van der Waals surface area contributed by atoms with Gasteiger partial charge in [-0.2, -0.15) is 0 Å². The summed E-state index contributed by atoms with van der Waals surface area (Å²) in [6.45, 7) is 0. The summed E-state index contributed by atoms with van der Waals surface area (Å²) in [4.78, 5) is 0. The molecule has 1 aromatic rings. The van der Waals surface area contributed by atoms with Gasteiger partial charge in [0.2, 0.25) is 0 Å². The van der Waals surface area contributed by atoms with Gasteiger partial charge in [0.25, 0.3) is 0 Å². The standard InChI is InChI=1S/C17H23NO2S/c19-18-16-11-7-5-3-1-2-4-6-8-12-17(16)21-14-15-10-9-13-20-15/h3-6,9-10,13,17,19H,1-2,7-8,11-12,14H2/b5-3+,6-4+,18-16-/t17-/m0/s1. The predicted octanol–water partition coefficient (Wildman–Crippen LogP) is 5.18. The van der Waals surface area contributed by atoms with Gasteiger partial charge in [-0.3, -0.25) is 0 Å². The summed E-state index contributed by atoms with van der Waals surface area (Å²) >= 11 is 1.80. The number of nitrogens with zero attached hydrogens (tertiary/aromatic N) is 1. The first kappa shape index (κ1) is 16.0. The number of thioether (sulfide) groups is 1. The third-order valence-electron chi connectivity index (χ3n) is 3.50. The van der Waals surface area contributed by atoms with Crippen LogP contribution in [0, 0.1) is 0 Å². The Morgan fingerprint density at radius 1 is 1.14 bits per heavy atom. The van der Waals surface area contributed by atoms with E-state index >= 15 is 0 Å². The van der Waals surface area contributed by atoms with Gasteiger partial charge in [0.05, 0.1) is 17.7 Å². The molecule has 0 radical (unpaired) electrons. The maximum absolute atomic E-state index is 9.33. The lowest BCUT2D eigenvalue weighted by Crippen LogP contribution is -2.17. The van der Waals surface area contributed by atoms with E-state index in [0.717, 1.165) is 55.7 Å². The summed E-state index contributed by atoms with van der Waals surface area (Å²) in [5, 5.41) is 13.1. The Bertz CT molecular complexity index is 477. The minimum Gasteiger partial charge on any atom is -0.468 e. The highest BCUT2D eigenvalue weighted by Gasteiger charge is 2.17. The normalized spacial score (nSPS) is 25.9. The summed E-state index contributed by atoms with van der Waals surface area (Å²) < 4.78 is 5.38. The smallest absolute Gasteiger partial charge is 0.113 e. The quantitative estimate of drug-likeness (QED) is 0.475. The lowest BCUT2D eigenvalue weighted by molar-refractivity contribution is 0.316. The predicted molar refractivity (Wildman–Crippen MR) is 89.0 cm³/mol. The maximum Gasteiger partial charge on any atom is 0.113 e. The average molecular weight is 305 g/mol. The molecule has 0 saturated carbocycles. The largest absolute Gasteiger partial charge is 0.468 e. The Kier molecular flexibility index (Phi) is 7.22. The molecule has 0 saturated heterocycles. The molecular weight excluding hydrogens is 282 g/mol. The fourth-order valence-electron chi connectivity index (χ4n) is 2.34. The van der Waals surface area contributed by atoms with Gasteiger partial charge in [0.1, 0.15) is 5.76 Å². The Hall–Kier alpha value is -1.42. The van der Waals surface area contributed by atoms with E-state index < -0.39 is 0 Å². The number of oxime groups is 1. The van der Waals surface area contributed by atoms with E-state index in [0.29, 0.717) is 0 Å². The number of hydrogen-bond acceptors (Lipinski definition) is 4. The molecule has 1 aliphatic rings. The molecule has 0 bridgehead atoms. The number of furan rings is 1. The van der Waals surface area contributed by atoms with Crippen molar-refractivity contribution >= 4 is 17.5 Å². The van der Waals surface area contributed by atoms with Crippen LogP contribution in [0.3, 0.4) is 0 Å². The summed E-state index contributed by atoms with van der Waals surface area (Å²) in [5.41, 5.74) is 0.894. The van der Waals surface area contributed by atoms with Gasteiger partial charge < -0.3 is 9.62 Å². The van der Waals surface area contributed by atoms with Crippen LogP contribution >= 0.6 is 11.8 Å². The summed E-state index contributed by atoms with van der Waals surface area (Å²) in [7, 11) is 0. The minimum atomic E-state index is 0.248. The van der Waals surface area contributed by atoms with E-state index in [4.69, 9.17) is 4.42 Å². The SMILES string of the molecule is O/N=C1/CC/C=C/CC/C=C/CC[C@@H]1SCc1ccco1.